The fraction of sp³-hybridized carbons (Fsp3) is 0.550. The van der Waals surface area contributed by atoms with E-state index in [0.29, 0.717) is 17.7 Å². The summed E-state index contributed by atoms with van der Waals surface area (Å²) in [6.07, 6.45) is 1.97. The molecule has 7 heteroatoms. The average molecular weight is 389 g/mol. The molecule has 1 heterocycles. The maximum absolute atomic E-state index is 11.9. The molecule has 3 rings (SSSR count). The Morgan fingerprint density at radius 2 is 1.96 bits per heavy atom. The van der Waals surface area contributed by atoms with Crippen LogP contribution in [0.2, 0.25) is 0 Å². The number of hydrogen-bond donors (Lipinski definition) is 1. The first-order valence-electron chi connectivity index (χ1n) is 9.59. The fourth-order valence-electron chi connectivity index (χ4n) is 2.82. The van der Waals surface area contributed by atoms with Crippen molar-refractivity contribution in [2.45, 2.75) is 70.3 Å². The Balaban J connectivity index is 1.62. The molecule has 0 radical (unpaired) electrons. The normalized spacial score (nSPS) is 15.0. The molecule has 1 amide bonds. The Bertz CT molecular complexity index is 769. The van der Waals surface area contributed by atoms with Gasteiger partial charge in [0.15, 0.2) is 17.1 Å². The molecule has 1 atom stereocenters. The Morgan fingerprint density at radius 3 is 2.56 bits per heavy atom. The van der Waals surface area contributed by atoms with E-state index in [1.54, 1.807) is 0 Å². The van der Waals surface area contributed by atoms with Crippen molar-refractivity contribution >= 4 is 17.7 Å². The second-order valence-corrected chi connectivity index (χ2v) is 8.14. The van der Waals surface area contributed by atoms with E-state index in [1.807, 2.05) is 30.5 Å². The summed E-state index contributed by atoms with van der Waals surface area (Å²) in [4.78, 5) is 11.9. The number of amides is 1. The van der Waals surface area contributed by atoms with E-state index in [1.165, 1.54) is 17.3 Å². The van der Waals surface area contributed by atoms with Crippen LogP contribution in [-0.4, -0.2) is 32.5 Å². The second kappa shape index (κ2) is 8.78. The molecule has 1 N–H and O–H groups in total. The molecule has 27 heavy (non-hydrogen) atoms. The molecule has 1 aliphatic rings. The van der Waals surface area contributed by atoms with Crippen LogP contribution in [0.1, 0.15) is 63.9 Å². The Kier molecular flexibility index (Phi) is 6.42. The summed E-state index contributed by atoms with van der Waals surface area (Å²) in [5.74, 6) is 2.51. The van der Waals surface area contributed by atoms with Gasteiger partial charge in [0.2, 0.25) is 5.91 Å². The molecule has 1 aromatic carbocycles. The number of aromatic nitrogens is 3. The molecule has 0 aliphatic heterocycles. The van der Waals surface area contributed by atoms with Gasteiger partial charge in [0.05, 0.1) is 5.75 Å². The minimum atomic E-state index is -0.225. The summed E-state index contributed by atoms with van der Waals surface area (Å²) in [5.41, 5.74) is 1.29. The van der Waals surface area contributed by atoms with E-state index in [-0.39, 0.29) is 12.0 Å². The van der Waals surface area contributed by atoms with E-state index in [2.05, 4.69) is 41.5 Å². The van der Waals surface area contributed by atoms with Crippen LogP contribution >= 0.6 is 11.8 Å². The molecule has 6 nitrogen and oxygen atoms in total. The van der Waals surface area contributed by atoms with Crippen molar-refractivity contribution in [1.29, 1.82) is 0 Å². The molecule has 1 aromatic heterocycles. The van der Waals surface area contributed by atoms with E-state index in [4.69, 9.17) is 4.74 Å². The Labute approximate surface area is 165 Å². The molecular formula is C20H28N4O2S. The highest BCUT2D eigenvalue weighted by atomic mass is 32.2. The van der Waals surface area contributed by atoms with Crippen LogP contribution in [0.5, 0.6) is 5.75 Å². The van der Waals surface area contributed by atoms with Crippen molar-refractivity contribution in [1.82, 2.24) is 20.1 Å². The summed E-state index contributed by atoms with van der Waals surface area (Å²) in [6, 6.07) is 8.56. The van der Waals surface area contributed by atoms with Gasteiger partial charge >= 0.3 is 0 Å². The molecule has 1 aliphatic carbocycles. The number of nitrogens with zero attached hydrogens (tertiary/aromatic N) is 3. The summed E-state index contributed by atoms with van der Waals surface area (Å²) in [5, 5.41) is 12.3. The van der Waals surface area contributed by atoms with Crippen LogP contribution in [0.25, 0.3) is 0 Å². The van der Waals surface area contributed by atoms with Crippen molar-refractivity contribution in [3.05, 3.63) is 35.7 Å². The van der Waals surface area contributed by atoms with Crippen molar-refractivity contribution in [2.75, 3.05) is 5.75 Å². The lowest BCUT2D eigenvalue weighted by molar-refractivity contribution is -0.118. The van der Waals surface area contributed by atoms with E-state index in [9.17, 15) is 4.79 Å². The van der Waals surface area contributed by atoms with Crippen LogP contribution < -0.4 is 10.1 Å². The number of thioether (sulfide) groups is 1. The number of nitrogens with one attached hydrogen (secondary N) is 1. The van der Waals surface area contributed by atoms with Crippen molar-refractivity contribution in [3.63, 3.8) is 0 Å². The largest absolute Gasteiger partial charge is 0.483 e. The number of ether oxygens (including phenoxy) is 1. The van der Waals surface area contributed by atoms with Crippen molar-refractivity contribution < 1.29 is 9.53 Å². The van der Waals surface area contributed by atoms with Gasteiger partial charge in [-0.1, -0.05) is 37.7 Å². The summed E-state index contributed by atoms with van der Waals surface area (Å²) >= 11 is 1.42. The zero-order valence-electron chi connectivity index (χ0n) is 16.4. The average Bonchev–Trinajstić information content (AvgIpc) is 3.36. The smallest absolute Gasteiger partial charge is 0.230 e. The number of benzene rings is 1. The maximum Gasteiger partial charge on any atom is 0.230 e. The second-order valence-electron chi connectivity index (χ2n) is 7.20. The topological polar surface area (TPSA) is 69.0 Å². The van der Waals surface area contributed by atoms with Crippen molar-refractivity contribution in [2.24, 2.45) is 0 Å². The molecule has 0 saturated heterocycles. The zero-order chi connectivity index (χ0) is 19.4. The van der Waals surface area contributed by atoms with Crippen LogP contribution in [0.15, 0.2) is 29.4 Å². The van der Waals surface area contributed by atoms with Gasteiger partial charge in [-0.3, -0.25) is 4.79 Å². The molecule has 1 fully saturated rings. The van der Waals surface area contributed by atoms with Gasteiger partial charge in [-0.15, -0.1) is 10.2 Å². The standard InChI is InChI=1S/C20H28N4O2S/c1-5-24-19(14(4)26-17-10-6-15(7-11-17)13(2)3)22-23-20(24)27-12-18(25)21-16-8-9-16/h6-7,10-11,13-14,16H,5,8-9,12H2,1-4H3,(H,21,25). The third kappa shape index (κ3) is 5.25. The highest BCUT2D eigenvalue weighted by Gasteiger charge is 2.24. The third-order valence-electron chi connectivity index (χ3n) is 4.56. The first-order chi connectivity index (χ1) is 13.0. The van der Waals surface area contributed by atoms with Gasteiger partial charge in [-0.25, -0.2) is 0 Å². The first kappa shape index (κ1) is 19.7. The molecular weight excluding hydrogens is 360 g/mol. The minimum Gasteiger partial charge on any atom is -0.483 e. The molecule has 0 spiro atoms. The number of carbonyl (C=O) groups is 1. The van der Waals surface area contributed by atoms with Gasteiger partial charge < -0.3 is 14.6 Å². The van der Waals surface area contributed by atoms with Crippen molar-refractivity contribution in [3.8, 4) is 5.75 Å². The molecule has 146 valence electrons. The SMILES string of the molecule is CCn1c(SCC(=O)NC2CC2)nnc1C(C)Oc1ccc(C(C)C)cc1. The summed E-state index contributed by atoms with van der Waals surface area (Å²) in [6.45, 7) is 9.10. The first-order valence-corrected chi connectivity index (χ1v) is 10.6. The third-order valence-corrected chi connectivity index (χ3v) is 5.53. The lowest BCUT2D eigenvalue weighted by Gasteiger charge is -2.16. The van der Waals surface area contributed by atoms with Gasteiger partial charge in [0.25, 0.3) is 0 Å². The van der Waals surface area contributed by atoms with Gasteiger partial charge in [0.1, 0.15) is 5.75 Å². The summed E-state index contributed by atoms with van der Waals surface area (Å²) in [7, 11) is 0. The Morgan fingerprint density at radius 1 is 1.26 bits per heavy atom. The quantitative estimate of drug-likeness (QED) is 0.659. The van der Waals surface area contributed by atoms with Crippen LogP contribution in [-0.2, 0) is 11.3 Å². The molecule has 0 bridgehead atoms. The highest BCUT2D eigenvalue weighted by Crippen LogP contribution is 2.26. The van der Waals surface area contributed by atoms with E-state index in [0.717, 1.165) is 36.1 Å². The Hall–Kier alpha value is -2.02. The number of carbonyl (C=O) groups excluding carboxylic acids is 1. The van der Waals surface area contributed by atoms with Gasteiger partial charge in [-0.05, 0) is 50.3 Å². The highest BCUT2D eigenvalue weighted by molar-refractivity contribution is 7.99. The van der Waals surface area contributed by atoms with Gasteiger partial charge in [-0.2, -0.15) is 0 Å². The molecule has 1 saturated carbocycles. The van der Waals surface area contributed by atoms with Crippen LogP contribution in [0.4, 0.5) is 0 Å². The predicted octanol–water partition coefficient (Wildman–Crippen LogP) is 3.93. The van der Waals surface area contributed by atoms with Crippen LogP contribution in [0, 0.1) is 0 Å². The summed E-state index contributed by atoms with van der Waals surface area (Å²) < 4.78 is 8.08. The zero-order valence-corrected chi connectivity index (χ0v) is 17.3. The predicted molar refractivity (Wildman–Crippen MR) is 107 cm³/mol. The molecule has 1 unspecified atom stereocenters. The lowest BCUT2D eigenvalue weighted by Crippen LogP contribution is -2.27. The fourth-order valence-corrected chi connectivity index (χ4v) is 3.64. The van der Waals surface area contributed by atoms with Crippen LogP contribution in [0.3, 0.4) is 0 Å². The lowest BCUT2D eigenvalue weighted by atomic mass is 10.0. The number of rotatable bonds is 9. The minimum absolute atomic E-state index is 0.0595. The van der Waals surface area contributed by atoms with Gasteiger partial charge in [0, 0.05) is 12.6 Å². The monoisotopic (exact) mass is 388 g/mol. The van der Waals surface area contributed by atoms with E-state index < -0.39 is 0 Å². The maximum atomic E-state index is 11.9. The number of hydrogen-bond acceptors (Lipinski definition) is 5. The van der Waals surface area contributed by atoms with E-state index >= 15 is 0 Å². The molecule has 2 aromatic rings.